The lowest BCUT2D eigenvalue weighted by atomic mass is 10.1. The first kappa shape index (κ1) is 20.8. The third kappa shape index (κ3) is 5.03. The molecule has 0 aliphatic heterocycles. The summed E-state index contributed by atoms with van der Waals surface area (Å²) in [6, 6.07) is 12.5. The minimum Gasteiger partial charge on any atom is -0.519 e. The van der Waals surface area contributed by atoms with Gasteiger partial charge in [0.25, 0.3) is 14.3 Å². The Morgan fingerprint density at radius 3 is 2.15 bits per heavy atom. The minimum absolute atomic E-state index is 0.0379. The number of carbonyl (C=O) groups is 1. The molecule has 0 heterocycles. The standard InChI is InChI=1S/C20H24Cl2O3Si/c1-20(2,3)26(4,5)25-18(23)13-14-9-6-7-12-17(14)24-19-15(21)10-8-11-16(19)22/h6-12H,13H2,1-5H3. The molecule has 26 heavy (non-hydrogen) atoms. The Morgan fingerprint density at radius 2 is 1.58 bits per heavy atom. The number of halogens is 2. The molecule has 140 valence electrons. The minimum atomic E-state index is -2.16. The van der Waals surface area contributed by atoms with E-state index in [0.29, 0.717) is 21.5 Å². The molecule has 2 rings (SSSR count). The van der Waals surface area contributed by atoms with Crippen molar-refractivity contribution in [2.45, 2.75) is 45.3 Å². The number of para-hydroxylation sites is 2. The van der Waals surface area contributed by atoms with Crippen LogP contribution in [0.15, 0.2) is 42.5 Å². The summed E-state index contributed by atoms with van der Waals surface area (Å²) in [4.78, 5) is 12.5. The third-order valence-electron chi connectivity index (χ3n) is 4.61. The monoisotopic (exact) mass is 410 g/mol. The first-order chi connectivity index (χ1) is 12.0. The van der Waals surface area contributed by atoms with Crippen LogP contribution in [0.1, 0.15) is 26.3 Å². The maximum absolute atomic E-state index is 12.5. The van der Waals surface area contributed by atoms with Gasteiger partial charge < -0.3 is 9.16 Å². The summed E-state index contributed by atoms with van der Waals surface area (Å²) in [6.07, 6.45) is 0.130. The second-order valence-electron chi connectivity index (χ2n) is 7.67. The summed E-state index contributed by atoms with van der Waals surface area (Å²) in [5, 5.41) is 0.788. The van der Waals surface area contributed by atoms with Crippen LogP contribution in [-0.2, 0) is 15.6 Å². The van der Waals surface area contributed by atoms with Crippen molar-refractivity contribution in [3.8, 4) is 11.5 Å². The van der Waals surface area contributed by atoms with E-state index in [9.17, 15) is 4.79 Å². The summed E-state index contributed by atoms with van der Waals surface area (Å²) in [5.74, 6) is 0.661. The lowest BCUT2D eigenvalue weighted by molar-refractivity contribution is -0.134. The summed E-state index contributed by atoms with van der Waals surface area (Å²) >= 11 is 12.4. The highest BCUT2D eigenvalue weighted by Crippen LogP contribution is 2.38. The molecule has 0 aliphatic carbocycles. The van der Waals surface area contributed by atoms with E-state index in [1.807, 2.05) is 18.2 Å². The molecule has 0 atom stereocenters. The van der Waals surface area contributed by atoms with Crippen LogP contribution >= 0.6 is 23.2 Å². The van der Waals surface area contributed by atoms with Gasteiger partial charge in [-0.15, -0.1) is 0 Å². The van der Waals surface area contributed by atoms with Gasteiger partial charge in [0.1, 0.15) is 5.75 Å². The number of hydrogen-bond donors (Lipinski definition) is 0. The third-order valence-corrected chi connectivity index (χ3v) is 9.56. The number of ether oxygens (including phenoxy) is 1. The molecular weight excluding hydrogens is 387 g/mol. The Kier molecular flexibility index (Phi) is 6.43. The Morgan fingerprint density at radius 1 is 1.00 bits per heavy atom. The van der Waals surface area contributed by atoms with E-state index in [4.69, 9.17) is 32.4 Å². The largest absolute Gasteiger partial charge is 0.519 e. The molecule has 0 aromatic heterocycles. The molecule has 0 saturated carbocycles. The van der Waals surface area contributed by atoms with Gasteiger partial charge in [0.15, 0.2) is 5.75 Å². The molecule has 6 heteroatoms. The van der Waals surface area contributed by atoms with Gasteiger partial charge in [-0.25, -0.2) is 0 Å². The molecule has 2 aromatic rings. The fourth-order valence-electron chi connectivity index (χ4n) is 2.07. The van der Waals surface area contributed by atoms with E-state index >= 15 is 0 Å². The van der Waals surface area contributed by atoms with E-state index < -0.39 is 8.32 Å². The average Bonchev–Trinajstić information content (AvgIpc) is 2.51. The Hall–Kier alpha value is -1.49. The highest BCUT2D eigenvalue weighted by molar-refractivity contribution is 6.75. The highest BCUT2D eigenvalue weighted by atomic mass is 35.5. The van der Waals surface area contributed by atoms with Gasteiger partial charge in [0, 0.05) is 5.56 Å². The zero-order valence-corrected chi connectivity index (χ0v) is 18.2. The van der Waals surface area contributed by atoms with Crippen LogP contribution in [0, 0.1) is 0 Å². The Balaban J connectivity index is 2.21. The quantitative estimate of drug-likeness (QED) is 0.503. The highest BCUT2D eigenvalue weighted by Gasteiger charge is 2.40. The van der Waals surface area contributed by atoms with Gasteiger partial charge in [0.05, 0.1) is 16.5 Å². The van der Waals surface area contributed by atoms with Crippen molar-refractivity contribution >= 4 is 37.5 Å². The van der Waals surface area contributed by atoms with E-state index in [1.165, 1.54) is 0 Å². The van der Waals surface area contributed by atoms with Crippen molar-refractivity contribution in [1.82, 2.24) is 0 Å². The Labute approximate surface area is 166 Å². The van der Waals surface area contributed by atoms with Crippen LogP contribution in [0.4, 0.5) is 0 Å². The van der Waals surface area contributed by atoms with Gasteiger partial charge in [-0.2, -0.15) is 0 Å². The molecule has 0 bridgehead atoms. The molecule has 0 fully saturated rings. The summed E-state index contributed by atoms with van der Waals surface area (Å²) in [5.41, 5.74) is 0.729. The summed E-state index contributed by atoms with van der Waals surface area (Å²) in [6.45, 7) is 10.4. The van der Waals surface area contributed by atoms with Gasteiger partial charge in [-0.05, 0) is 36.3 Å². The SMILES string of the molecule is CC(C)(C)[Si](C)(C)OC(=O)Cc1ccccc1Oc1c(Cl)cccc1Cl. The van der Waals surface area contributed by atoms with Crippen LogP contribution in [0.5, 0.6) is 11.5 Å². The fraction of sp³-hybridized carbons (Fsp3) is 0.350. The molecule has 0 aliphatic rings. The molecule has 2 aromatic carbocycles. The topological polar surface area (TPSA) is 35.5 Å². The maximum atomic E-state index is 12.5. The molecule has 0 amide bonds. The molecule has 3 nitrogen and oxygen atoms in total. The number of carbonyl (C=O) groups excluding carboxylic acids is 1. The number of rotatable bonds is 5. The molecule has 0 unspecified atom stereocenters. The zero-order chi connectivity index (χ0) is 19.5. The second-order valence-corrected chi connectivity index (χ2v) is 13.2. The van der Waals surface area contributed by atoms with Crippen molar-refractivity contribution in [3.63, 3.8) is 0 Å². The lowest BCUT2D eigenvalue weighted by Gasteiger charge is -2.35. The van der Waals surface area contributed by atoms with Crippen LogP contribution < -0.4 is 4.74 Å². The normalized spacial score (nSPS) is 12.0. The fourth-order valence-corrected chi connectivity index (χ4v) is 3.49. The lowest BCUT2D eigenvalue weighted by Crippen LogP contribution is -2.43. The van der Waals surface area contributed by atoms with Crippen LogP contribution in [0.25, 0.3) is 0 Å². The molecular formula is C20H24Cl2O3Si. The van der Waals surface area contributed by atoms with E-state index in [-0.39, 0.29) is 17.4 Å². The predicted molar refractivity (Wildman–Crippen MR) is 110 cm³/mol. The van der Waals surface area contributed by atoms with Crippen LogP contribution in [0.3, 0.4) is 0 Å². The number of benzene rings is 2. The van der Waals surface area contributed by atoms with Crippen LogP contribution in [0.2, 0.25) is 28.2 Å². The first-order valence-corrected chi connectivity index (χ1v) is 12.1. The van der Waals surface area contributed by atoms with Gasteiger partial charge in [-0.1, -0.05) is 68.2 Å². The van der Waals surface area contributed by atoms with Crippen molar-refractivity contribution in [3.05, 3.63) is 58.1 Å². The van der Waals surface area contributed by atoms with Crippen molar-refractivity contribution < 1.29 is 14.0 Å². The molecule has 0 spiro atoms. The van der Waals surface area contributed by atoms with Crippen molar-refractivity contribution in [2.24, 2.45) is 0 Å². The van der Waals surface area contributed by atoms with Crippen molar-refractivity contribution in [2.75, 3.05) is 0 Å². The average molecular weight is 411 g/mol. The van der Waals surface area contributed by atoms with Crippen molar-refractivity contribution in [1.29, 1.82) is 0 Å². The van der Waals surface area contributed by atoms with E-state index in [0.717, 1.165) is 5.56 Å². The van der Waals surface area contributed by atoms with E-state index in [1.54, 1.807) is 24.3 Å². The zero-order valence-electron chi connectivity index (χ0n) is 15.7. The van der Waals surface area contributed by atoms with Crippen LogP contribution in [-0.4, -0.2) is 14.3 Å². The summed E-state index contributed by atoms with van der Waals surface area (Å²) < 4.78 is 11.8. The predicted octanol–water partition coefficient (Wildman–Crippen LogP) is 6.88. The second kappa shape index (κ2) is 8.03. The van der Waals surface area contributed by atoms with Gasteiger partial charge in [0.2, 0.25) is 0 Å². The maximum Gasteiger partial charge on any atom is 0.297 e. The molecule has 0 saturated heterocycles. The first-order valence-electron chi connectivity index (χ1n) is 8.43. The Bertz CT molecular complexity index is 778. The van der Waals surface area contributed by atoms with E-state index in [2.05, 4.69) is 33.9 Å². The van der Waals surface area contributed by atoms with Gasteiger partial charge >= 0.3 is 0 Å². The summed E-state index contributed by atoms with van der Waals surface area (Å²) in [7, 11) is -2.16. The van der Waals surface area contributed by atoms with Gasteiger partial charge in [-0.3, -0.25) is 4.79 Å². The molecule has 0 N–H and O–H groups in total. The number of hydrogen-bond acceptors (Lipinski definition) is 3. The molecule has 0 radical (unpaired) electrons. The smallest absolute Gasteiger partial charge is 0.297 e.